The fourth-order valence-electron chi connectivity index (χ4n) is 1.89. The topological polar surface area (TPSA) is 79.4 Å². The van der Waals surface area contributed by atoms with Gasteiger partial charge in [-0.25, -0.2) is 4.79 Å². The highest BCUT2D eigenvalue weighted by atomic mass is 16.6. The van der Waals surface area contributed by atoms with Crippen LogP contribution in [-0.4, -0.2) is 29.6 Å². The third-order valence-corrected chi connectivity index (χ3v) is 2.99. The first-order chi connectivity index (χ1) is 8.63. The molecule has 2 N–H and O–H groups in total. The van der Waals surface area contributed by atoms with Gasteiger partial charge in [0.15, 0.2) is 0 Å². The molecule has 1 aliphatic heterocycles. The summed E-state index contributed by atoms with van der Waals surface area (Å²) in [7, 11) is 0. The zero-order valence-electron chi connectivity index (χ0n) is 10.0. The van der Waals surface area contributed by atoms with Gasteiger partial charge in [0.05, 0.1) is 12.6 Å². The minimum Gasteiger partial charge on any atom is -0.445 e. The van der Waals surface area contributed by atoms with E-state index in [0.717, 1.165) is 5.56 Å². The summed E-state index contributed by atoms with van der Waals surface area (Å²) in [5.41, 5.74) is 5.79. The molecule has 1 fully saturated rings. The van der Waals surface area contributed by atoms with Crippen molar-refractivity contribution in [2.45, 2.75) is 18.6 Å². The quantitative estimate of drug-likeness (QED) is 0.850. The lowest BCUT2D eigenvalue weighted by Gasteiger charge is -2.17. The van der Waals surface area contributed by atoms with Gasteiger partial charge in [-0.2, -0.15) is 5.26 Å². The van der Waals surface area contributed by atoms with Gasteiger partial charge in [-0.3, -0.25) is 0 Å². The Balaban J connectivity index is 1.85. The van der Waals surface area contributed by atoms with Crippen molar-refractivity contribution < 1.29 is 9.53 Å². The Kier molecular flexibility index (Phi) is 3.49. The average Bonchev–Trinajstić information content (AvgIpc) is 2.81. The highest BCUT2D eigenvalue weighted by Crippen LogP contribution is 2.18. The molecule has 18 heavy (non-hydrogen) atoms. The molecule has 1 heterocycles. The molecule has 5 nitrogen and oxygen atoms in total. The molecular formula is C13H15N3O2. The van der Waals surface area contributed by atoms with Crippen LogP contribution < -0.4 is 5.73 Å². The summed E-state index contributed by atoms with van der Waals surface area (Å²) in [6, 6.07) is 11.5. The largest absolute Gasteiger partial charge is 0.445 e. The number of benzene rings is 1. The van der Waals surface area contributed by atoms with Gasteiger partial charge in [0.25, 0.3) is 0 Å². The van der Waals surface area contributed by atoms with Gasteiger partial charge in [-0.1, -0.05) is 30.3 Å². The Morgan fingerprint density at radius 2 is 2.22 bits per heavy atom. The first-order valence-corrected chi connectivity index (χ1v) is 5.79. The predicted molar refractivity (Wildman–Crippen MR) is 65.3 cm³/mol. The second-order valence-electron chi connectivity index (χ2n) is 4.48. The molecule has 1 unspecified atom stereocenters. The van der Waals surface area contributed by atoms with Crippen molar-refractivity contribution in [3.05, 3.63) is 35.9 Å². The summed E-state index contributed by atoms with van der Waals surface area (Å²) in [4.78, 5) is 13.2. The zero-order chi connectivity index (χ0) is 13.0. The third-order valence-electron chi connectivity index (χ3n) is 2.99. The van der Waals surface area contributed by atoms with E-state index in [2.05, 4.69) is 0 Å². The van der Waals surface area contributed by atoms with Crippen LogP contribution in [0.4, 0.5) is 4.79 Å². The number of carbonyl (C=O) groups excluding carboxylic acids is 1. The number of nitrogens with two attached hydrogens (primary N) is 1. The van der Waals surface area contributed by atoms with E-state index in [-0.39, 0.29) is 13.2 Å². The third kappa shape index (κ3) is 2.79. The van der Waals surface area contributed by atoms with Gasteiger partial charge in [0, 0.05) is 6.54 Å². The highest BCUT2D eigenvalue weighted by molar-refractivity contribution is 5.68. The molecular weight excluding hydrogens is 230 g/mol. The number of likely N-dealkylation sites (tertiary alicyclic amines) is 1. The van der Waals surface area contributed by atoms with E-state index < -0.39 is 11.6 Å². The summed E-state index contributed by atoms with van der Waals surface area (Å²) in [5, 5.41) is 8.88. The fraction of sp³-hybridized carbons (Fsp3) is 0.385. The molecule has 1 saturated heterocycles. The lowest BCUT2D eigenvalue weighted by atomic mass is 10.0. The van der Waals surface area contributed by atoms with Crippen LogP contribution >= 0.6 is 0 Å². The smallest absolute Gasteiger partial charge is 0.410 e. The Morgan fingerprint density at radius 1 is 1.50 bits per heavy atom. The van der Waals surface area contributed by atoms with Gasteiger partial charge in [0.2, 0.25) is 0 Å². The molecule has 0 aromatic heterocycles. The molecule has 0 radical (unpaired) electrons. The van der Waals surface area contributed by atoms with Gasteiger partial charge in [-0.05, 0) is 12.0 Å². The molecule has 1 atom stereocenters. The molecule has 1 aromatic carbocycles. The van der Waals surface area contributed by atoms with Crippen LogP contribution in [0.2, 0.25) is 0 Å². The molecule has 0 saturated carbocycles. The van der Waals surface area contributed by atoms with E-state index in [0.29, 0.717) is 13.0 Å². The van der Waals surface area contributed by atoms with Crippen molar-refractivity contribution in [3.8, 4) is 6.07 Å². The van der Waals surface area contributed by atoms with E-state index in [1.165, 1.54) is 4.90 Å². The zero-order valence-corrected chi connectivity index (χ0v) is 10.0. The average molecular weight is 245 g/mol. The lowest BCUT2D eigenvalue weighted by Crippen LogP contribution is -2.42. The van der Waals surface area contributed by atoms with Gasteiger partial charge in [-0.15, -0.1) is 0 Å². The van der Waals surface area contributed by atoms with Crippen LogP contribution in [0.25, 0.3) is 0 Å². The Morgan fingerprint density at radius 3 is 2.83 bits per heavy atom. The number of nitrogens with zero attached hydrogens (tertiary/aromatic N) is 2. The fourth-order valence-corrected chi connectivity index (χ4v) is 1.89. The monoisotopic (exact) mass is 245 g/mol. The Labute approximate surface area is 106 Å². The van der Waals surface area contributed by atoms with Crippen molar-refractivity contribution in [3.63, 3.8) is 0 Å². The first kappa shape index (κ1) is 12.4. The van der Waals surface area contributed by atoms with E-state index in [9.17, 15) is 4.79 Å². The molecule has 0 spiro atoms. The minimum atomic E-state index is -0.925. The summed E-state index contributed by atoms with van der Waals surface area (Å²) in [6.07, 6.45) is 0.0747. The van der Waals surface area contributed by atoms with Gasteiger partial charge < -0.3 is 15.4 Å². The maximum atomic E-state index is 11.8. The van der Waals surface area contributed by atoms with Crippen LogP contribution in [-0.2, 0) is 11.3 Å². The number of hydrogen-bond donors (Lipinski definition) is 1. The van der Waals surface area contributed by atoms with E-state index >= 15 is 0 Å². The maximum Gasteiger partial charge on any atom is 0.410 e. The number of ether oxygens (including phenoxy) is 1. The van der Waals surface area contributed by atoms with Crippen LogP contribution in [0.3, 0.4) is 0 Å². The Bertz CT molecular complexity index is 469. The lowest BCUT2D eigenvalue weighted by molar-refractivity contribution is 0.103. The number of carbonyl (C=O) groups is 1. The summed E-state index contributed by atoms with van der Waals surface area (Å²) in [6.45, 7) is 0.940. The van der Waals surface area contributed by atoms with E-state index in [4.69, 9.17) is 15.7 Å². The highest BCUT2D eigenvalue weighted by Gasteiger charge is 2.37. The second kappa shape index (κ2) is 5.07. The molecule has 1 amide bonds. The van der Waals surface area contributed by atoms with E-state index in [1.54, 1.807) is 0 Å². The van der Waals surface area contributed by atoms with Crippen LogP contribution in [0.5, 0.6) is 0 Å². The standard InChI is InChI=1S/C13H15N3O2/c14-9-13(15)6-7-16(10-13)12(17)18-8-11-4-2-1-3-5-11/h1-5H,6-8,10,15H2. The molecule has 2 rings (SSSR count). The summed E-state index contributed by atoms with van der Waals surface area (Å²) < 4.78 is 5.17. The number of rotatable bonds is 2. The number of amides is 1. The summed E-state index contributed by atoms with van der Waals surface area (Å²) >= 11 is 0. The van der Waals surface area contributed by atoms with Crippen molar-refractivity contribution in [2.75, 3.05) is 13.1 Å². The van der Waals surface area contributed by atoms with Crippen molar-refractivity contribution in [1.29, 1.82) is 5.26 Å². The minimum absolute atomic E-state index is 0.233. The number of nitriles is 1. The predicted octanol–water partition coefficient (Wildman–Crippen LogP) is 1.25. The van der Waals surface area contributed by atoms with Gasteiger partial charge >= 0.3 is 6.09 Å². The second-order valence-corrected chi connectivity index (χ2v) is 4.48. The van der Waals surface area contributed by atoms with Crippen LogP contribution in [0.15, 0.2) is 30.3 Å². The van der Waals surface area contributed by atoms with Crippen molar-refractivity contribution in [2.24, 2.45) is 5.73 Å². The normalized spacial score (nSPS) is 22.6. The molecule has 1 aromatic rings. The summed E-state index contributed by atoms with van der Waals surface area (Å²) in [5.74, 6) is 0. The van der Waals surface area contributed by atoms with E-state index in [1.807, 2.05) is 36.4 Å². The van der Waals surface area contributed by atoms with Crippen molar-refractivity contribution in [1.82, 2.24) is 4.90 Å². The van der Waals surface area contributed by atoms with Crippen LogP contribution in [0, 0.1) is 11.3 Å². The molecule has 94 valence electrons. The Hall–Kier alpha value is -2.06. The van der Waals surface area contributed by atoms with Crippen LogP contribution in [0.1, 0.15) is 12.0 Å². The molecule has 1 aliphatic rings. The number of hydrogen-bond acceptors (Lipinski definition) is 4. The molecule has 5 heteroatoms. The first-order valence-electron chi connectivity index (χ1n) is 5.79. The maximum absolute atomic E-state index is 11.8. The van der Waals surface area contributed by atoms with Crippen molar-refractivity contribution >= 4 is 6.09 Å². The molecule has 0 aliphatic carbocycles. The SMILES string of the molecule is N#CC1(N)CCN(C(=O)OCc2ccccc2)C1. The molecule has 0 bridgehead atoms. The van der Waals surface area contributed by atoms with Gasteiger partial charge in [0.1, 0.15) is 12.1 Å².